The van der Waals surface area contributed by atoms with Gasteiger partial charge in [0.2, 0.25) is 0 Å². The molecule has 1 fully saturated rings. The molecule has 0 aliphatic carbocycles. The van der Waals surface area contributed by atoms with Crippen LogP contribution < -0.4 is 5.32 Å². The number of rotatable bonds is 3. The molecule has 23 heavy (non-hydrogen) atoms. The van der Waals surface area contributed by atoms with Gasteiger partial charge in [0.25, 0.3) is 5.91 Å². The zero-order chi connectivity index (χ0) is 15.7. The average Bonchev–Trinajstić information content (AvgIpc) is 2.84. The summed E-state index contributed by atoms with van der Waals surface area (Å²) in [5.74, 6) is 0.370. The van der Waals surface area contributed by atoms with Crippen molar-refractivity contribution < 1.29 is 9.18 Å². The van der Waals surface area contributed by atoms with Crippen LogP contribution in [0.5, 0.6) is 0 Å². The van der Waals surface area contributed by atoms with Gasteiger partial charge in [-0.05, 0) is 68.4 Å². The highest BCUT2D eigenvalue weighted by Gasteiger charge is 2.26. The first-order chi connectivity index (χ1) is 10.6. The lowest BCUT2D eigenvalue weighted by atomic mass is 9.97. The van der Waals surface area contributed by atoms with Gasteiger partial charge in [-0.25, -0.2) is 4.39 Å². The average molecular weight is 357 g/mol. The van der Waals surface area contributed by atoms with Gasteiger partial charge in [-0.3, -0.25) is 4.79 Å². The highest BCUT2D eigenvalue weighted by atomic mass is 35.5. The fourth-order valence-corrected chi connectivity index (χ4v) is 4.40. The maximum absolute atomic E-state index is 13.4. The first-order valence-electron chi connectivity index (χ1n) is 7.72. The van der Waals surface area contributed by atoms with Gasteiger partial charge in [-0.2, -0.15) is 0 Å². The van der Waals surface area contributed by atoms with Crippen LogP contribution in [0.2, 0.25) is 0 Å². The fourth-order valence-electron chi connectivity index (χ4n) is 3.25. The van der Waals surface area contributed by atoms with E-state index in [-0.39, 0.29) is 24.1 Å². The number of thiophene rings is 1. The maximum Gasteiger partial charge on any atom is 0.264 e. The van der Waals surface area contributed by atoms with Gasteiger partial charge in [-0.15, -0.1) is 23.7 Å². The highest BCUT2D eigenvalue weighted by Crippen LogP contribution is 2.33. The molecule has 1 amide bonds. The lowest BCUT2D eigenvalue weighted by Crippen LogP contribution is -2.42. The monoisotopic (exact) mass is 356 g/mol. The molecule has 0 bridgehead atoms. The third-order valence-electron chi connectivity index (χ3n) is 4.39. The van der Waals surface area contributed by atoms with E-state index >= 15 is 0 Å². The van der Waals surface area contributed by atoms with E-state index in [4.69, 9.17) is 0 Å². The van der Waals surface area contributed by atoms with Crippen molar-refractivity contribution >= 4 is 39.7 Å². The molecule has 3 rings (SSSR count). The van der Waals surface area contributed by atoms with Gasteiger partial charge in [0, 0.05) is 17.8 Å². The summed E-state index contributed by atoms with van der Waals surface area (Å²) in [6.07, 6.45) is 2.22. The first kappa shape index (κ1) is 18.2. The second-order valence-corrected chi connectivity index (χ2v) is 7.07. The molecule has 1 unspecified atom stereocenters. The number of amides is 1. The number of carbonyl (C=O) groups is 1. The van der Waals surface area contributed by atoms with Crippen molar-refractivity contribution in [2.75, 3.05) is 26.7 Å². The van der Waals surface area contributed by atoms with Gasteiger partial charge >= 0.3 is 0 Å². The molecule has 1 saturated heterocycles. The molecule has 0 spiro atoms. The smallest absolute Gasteiger partial charge is 0.264 e. The minimum absolute atomic E-state index is 0. The number of fused-ring (bicyclic) bond motifs is 1. The predicted molar refractivity (Wildman–Crippen MR) is 96.3 cm³/mol. The van der Waals surface area contributed by atoms with Gasteiger partial charge in [0.15, 0.2) is 0 Å². The number of piperidine rings is 1. The molecule has 2 aromatic rings. The fraction of sp³-hybridized carbons (Fsp3) is 0.471. The molecule has 0 radical (unpaired) electrons. The Morgan fingerprint density at radius 1 is 1.48 bits per heavy atom. The van der Waals surface area contributed by atoms with E-state index < -0.39 is 0 Å². The summed E-state index contributed by atoms with van der Waals surface area (Å²) in [6.45, 7) is 4.49. The van der Waals surface area contributed by atoms with E-state index in [0.717, 1.165) is 46.6 Å². The van der Waals surface area contributed by atoms with Crippen molar-refractivity contribution in [3.63, 3.8) is 0 Å². The summed E-state index contributed by atoms with van der Waals surface area (Å²) in [4.78, 5) is 15.6. The van der Waals surface area contributed by atoms with Gasteiger partial charge in [-0.1, -0.05) is 0 Å². The number of hydrogen-bond donors (Lipinski definition) is 1. The molecule has 1 aromatic carbocycles. The molecule has 1 atom stereocenters. The zero-order valence-electron chi connectivity index (χ0n) is 13.4. The molecular weight excluding hydrogens is 335 g/mol. The largest absolute Gasteiger partial charge is 0.338 e. The number of halogens is 2. The van der Waals surface area contributed by atoms with Crippen LogP contribution in [0.25, 0.3) is 10.1 Å². The molecule has 6 heteroatoms. The lowest BCUT2D eigenvalue weighted by molar-refractivity contribution is 0.0678. The van der Waals surface area contributed by atoms with Crippen LogP contribution in [-0.2, 0) is 0 Å². The third kappa shape index (κ3) is 3.67. The third-order valence-corrected chi connectivity index (χ3v) is 5.65. The van der Waals surface area contributed by atoms with Crippen LogP contribution in [0.15, 0.2) is 18.2 Å². The summed E-state index contributed by atoms with van der Waals surface area (Å²) < 4.78 is 14.4. The van der Waals surface area contributed by atoms with E-state index in [1.165, 1.54) is 29.9 Å². The first-order valence-corrected chi connectivity index (χ1v) is 8.54. The molecule has 126 valence electrons. The van der Waals surface area contributed by atoms with E-state index in [0.29, 0.717) is 5.92 Å². The van der Waals surface area contributed by atoms with E-state index in [9.17, 15) is 9.18 Å². The maximum atomic E-state index is 13.4. The summed E-state index contributed by atoms with van der Waals surface area (Å²) in [6, 6.07) is 4.74. The normalized spacial score (nSPS) is 18.0. The second-order valence-electron chi connectivity index (χ2n) is 6.01. The van der Waals surface area contributed by atoms with E-state index in [1.54, 1.807) is 6.07 Å². The molecule has 0 saturated carbocycles. The van der Waals surface area contributed by atoms with Crippen LogP contribution in [0.3, 0.4) is 0 Å². The quantitative estimate of drug-likeness (QED) is 0.906. The van der Waals surface area contributed by atoms with Crippen molar-refractivity contribution in [2.45, 2.75) is 19.8 Å². The minimum atomic E-state index is -0.251. The number of nitrogens with one attached hydrogen (secondary N) is 1. The number of aryl methyl sites for hydroxylation is 1. The molecule has 1 aliphatic heterocycles. The lowest BCUT2D eigenvalue weighted by Gasteiger charge is -2.32. The van der Waals surface area contributed by atoms with Crippen molar-refractivity contribution in [1.29, 1.82) is 0 Å². The predicted octanol–water partition coefficient (Wildman–Crippen LogP) is 3.84. The Hall–Kier alpha value is -1.17. The Bertz CT molecular complexity index is 701. The molecule has 3 nitrogen and oxygen atoms in total. The Kier molecular flexibility index (Phi) is 6.00. The number of hydrogen-bond acceptors (Lipinski definition) is 3. The van der Waals surface area contributed by atoms with Crippen LogP contribution in [-0.4, -0.2) is 37.5 Å². The molecule has 2 heterocycles. The van der Waals surface area contributed by atoms with Gasteiger partial charge < -0.3 is 10.2 Å². The number of likely N-dealkylation sites (tertiary alicyclic amines) is 1. The van der Waals surface area contributed by atoms with E-state index in [2.05, 4.69) is 5.32 Å². The SMILES string of the molecule is CNCC1CCCN(C(=O)c2sc3ccc(F)cc3c2C)C1.Cl. The summed E-state index contributed by atoms with van der Waals surface area (Å²) >= 11 is 1.48. The molecule has 1 N–H and O–H groups in total. The summed E-state index contributed by atoms with van der Waals surface area (Å²) in [5, 5.41) is 4.06. The van der Waals surface area contributed by atoms with Crippen LogP contribution in [0.1, 0.15) is 28.1 Å². The zero-order valence-corrected chi connectivity index (χ0v) is 15.0. The minimum Gasteiger partial charge on any atom is -0.338 e. The van der Waals surface area contributed by atoms with Crippen LogP contribution >= 0.6 is 23.7 Å². The van der Waals surface area contributed by atoms with Gasteiger partial charge in [0.1, 0.15) is 5.82 Å². The Labute approximate surface area is 146 Å². The number of benzene rings is 1. The Morgan fingerprint density at radius 3 is 3.00 bits per heavy atom. The summed E-state index contributed by atoms with van der Waals surface area (Å²) in [5.41, 5.74) is 0.903. The van der Waals surface area contributed by atoms with Crippen LogP contribution in [0.4, 0.5) is 4.39 Å². The van der Waals surface area contributed by atoms with Crippen molar-refractivity contribution in [1.82, 2.24) is 10.2 Å². The molecular formula is C17H22ClFN2OS. The molecule has 1 aromatic heterocycles. The van der Waals surface area contributed by atoms with Crippen molar-refractivity contribution in [3.8, 4) is 0 Å². The summed E-state index contributed by atoms with van der Waals surface area (Å²) in [7, 11) is 1.95. The Morgan fingerprint density at radius 2 is 2.26 bits per heavy atom. The number of carbonyl (C=O) groups excluding carboxylic acids is 1. The van der Waals surface area contributed by atoms with Crippen molar-refractivity contribution in [3.05, 3.63) is 34.5 Å². The second kappa shape index (κ2) is 7.60. The standard InChI is InChI=1S/C17H21FN2OS.ClH/c1-11-14-8-13(18)5-6-15(14)22-16(11)17(21)20-7-3-4-12(10-20)9-19-2;/h5-6,8,12,19H,3-4,7,9-10H2,1-2H3;1H. The topological polar surface area (TPSA) is 32.3 Å². The van der Waals surface area contributed by atoms with Crippen LogP contribution in [0, 0.1) is 18.7 Å². The number of nitrogens with zero attached hydrogens (tertiary/aromatic N) is 1. The highest BCUT2D eigenvalue weighted by molar-refractivity contribution is 7.21. The van der Waals surface area contributed by atoms with Crippen molar-refractivity contribution in [2.24, 2.45) is 5.92 Å². The molecule has 1 aliphatic rings. The Balaban J connectivity index is 0.00000192. The van der Waals surface area contributed by atoms with E-state index in [1.807, 2.05) is 18.9 Å². The van der Waals surface area contributed by atoms with Gasteiger partial charge in [0.05, 0.1) is 4.88 Å².